The normalized spacial score (nSPS) is 13.8. The predicted molar refractivity (Wildman–Crippen MR) is 130 cm³/mol. The van der Waals surface area contributed by atoms with E-state index in [0.717, 1.165) is 5.56 Å². The number of fused-ring (bicyclic) bond motifs is 1. The van der Waals surface area contributed by atoms with Gasteiger partial charge in [0.1, 0.15) is 30.5 Å². The van der Waals surface area contributed by atoms with Crippen LogP contribution in [0.25, 0.3) is 0 Å². The number of carbonyl (C=O) groups is 1. The largest absolute Gasteiger partial charge is 0.481 e. The van der Waals surface area contributed by atoms with Gasteiger partial charge in [0.05, 0.1) is 13.2 Å². The Morgan fingerprint density at radius 1 is 1.28 bits per heavy atom. The Kier molecular flexibility index (Phi) is 7.48. The van der Waals surface area contributed by atoms with E-state index in [0.29, 0.717) is 23.6 Å². The highest BCUT2D eigenvalue weighted by Gasteiger charge is 2.35. The molecule has 0 fully saturated rings. The Hall–Kier alpha value is -4.00. The fourth-order valence-corrected chi connectivity index (χ4v) is 3.89. The SMILES string of the molecule is CC1(C)OCCn2c1nc(C(=O)NCc1ccc(F)cc1C#CCO)c(OCc1ccccc1)c2=O. The summed E-state index contributed by atoms with van der Waals surface area (Å²) in [7, 11) is 0. The van der Waals surface area contributed by atoms with Gasteiger partial charge < -0.3 is 19.9 Å². The monoisotopic (exact) mass is 491 g/mol. The zero-order valence-corrected chi connectivity index (χ0v) is 20.0. The molecule has 0 spiro atoms. The molecule has 0 atom stereocenters. The van der Waals surface area contributed by atoms with Gasteiger partial charge in [0.15, 0.2) is 5.69 Å². The lowest BCUT2D eigenvalue weighted by Crippen LogP contribution is -2.43. The van der Waals surface area contributed by atoms with Crippen LogP contribution in [-0.2, 0) is 30.0 Å². The molecule has 0 saturated heterocycles. The molecule has 0 saturated carbocycles. The molecule has 0 unspecified atom stereocenters. The van der Waals surface area contributed by atoms with Gasteiger partial charge in [0.2, 0.25) is 5.75 Å². The summed E-state index contributed by atoms with van der Waals surface area (Å²) in [6, 6.07) is 13.2. The second-order valence-electron chi connectivity index (χ2n) is 8.65. The van der Waals surface area contributed by atoms with Gasteiger partial charge in [-0.05, 0) is 37.1 Å². The summed E-state index contributed by atoms with van der Waals surface area (Å²) in [4.78, 5) is 31.2. The summed E-state index contributed by atoms with van der Waals surface area (Å²) in [5.74, 6) is 4.20. The van der Waals surface area contributed by atoms with E-state index in [1.807, 2.05) is 30.3 Å². The third-order valence-corrected chi connectivity index (χ3v) is 5.70. The van der Waals surface area contributed by atoms with Gasteiger partial charge in [-0.2, -0.15) is 0 Å². The molecule has 2 heterocycles. The van der Waals surface area contributed by atoms with Crippen molar-refractivity contribution in [2.24, 2.45) is 0 Å². The highest BCUT2D eigenvalue weighted by atomic mass is 19.1. The lowest BCUT2D eigenvalue weighted by molar-refractivity contribution is -0.0567. The molecule has 1 aromatic heterocycles. The van der Waals surface area contributed by atoms with E-state index < -0.39 is 22.9 Å². The lowest BCUT2D eigenvalue weighted by Gasteiger charge is -2.32. The van der Waals surface area contributed by atoms with Crippen LogP contribution >= 0.6 is 0 Å². The Morgan fingerprint density at radius 2 is 2.06 bits per heavy atom. The van der Waals surface area contributed by atoms with E-state index in [2.05, 4.69) is 22.1 Å². The van der Waals surface area contributed by atoms with Crippen molar-refractivity contribution in [3.63, 3.8) is 0 Å². The van der Waals surface area contributed by atoms with Crippen LogP contribution < -0.4 is 15.6 Å². The van der Waals surface area contributed by atoms with Crippen LogP contribution in [-0.4, -0.2) is 33.8 Å². The van der Waals surface area contributed by atoms with E-state index in [4.69, 9.17) is 14.6 Å². The molecule has 1 aliphatic heterocycles. The second-order valence-corrected chi connectivity index (χ2v) is 8.65. The number of hydrogen-bond acceptors (Lipinski definition) is 6. The van der Waals surface area contributed by atoms with Crippen molar-refractivity contribution in [2.45, 2.75) is 39.1 Å². The van der Waals surface area contributed by atoms with Gasteiger partial charge in [0.25, 0.3) is 11.5 Å². The first-order valence-electron chi connectivity index (χ1n) is 11.4. The van der Waals surface area contributed by atoms with Crippen molar-refractivity contribution in [2.75, 3.05) is 13.2 Å². The number of amides is 1. The van der Waals surface area contributed by atoms with E-state index >= 15 is 0 Å². The van der Waals surface area contributed by atoms with Crippen molar-refractivity contribution in [3.8, 4) is 17.6 Å². The lowest BCUT2D eigenvalue weighted by atomic mass is 10.1. The number of aliphatic hydroxyl groups is 1. The number of halogens is 1. The molecule has 2 N–H and O–H groups in total. The minimum absolute atomic E-state index is 0.00727. The maximum absolute atomic E-state index is 13.7. The molecule has 1 aliphatic rings. The Morgan fingerprint density at radius 3 is 2.81 bits per heavy atom. The molecule has 2 aromatic carbocycles. The molecular weight excluding hydrogens is 465 g/mol. The average molecular weight is 492 g/mol. The number of aliphatic hydroxyl groups excluding tert-OH is 1. The summed E-state index contributed by atoms with van der Waals surface area (Å²) < 4.78 is 26.8. The van der Waals surface area contributed by atoms with Crippen LogP contribution in [0.2, 0.25) is 0 Å². The number of benzene rings is 2. The van der Waals surface area contributed by atoms with Gasteiger partial charge >= 0.3 is 0 Å². The number of nitrogens with one attached hydrogen (secondary N) is 1. The van der Waals surface area contributed by atoms with Crippen LogP contribution in [0.5, 0.6) is 5.75 Å². The fourth-order valence-electron chi connectivity index (χ4n) is 3.89. The summed E-state index contributed by atoms with van der Waals surface area (Å²) in [5.41, 5.74) is 0.190. The number of rotatable bonds is 6. The quantitative estimate of drug-likeness (QED) is 0.514. The molecule has 0 bridgehead atoms. The number of nitrogens with zero attached hydrogens (tertiary/aromatic N) is 2. The third-order valence-electron chi connectivity index (χ3n) is 5.70. The molecular formula is C27H26FN3O5. The third kappa shape index (κ3) is 5.46. The first-order chi connectivity index (χ1) is 17.3. The maximum atomic E-state index is 13.7. The van der Waals surface area contributed by atoms with Crippen LogP contribution in [0, 0.1) is 17.7 Å². The number of carbonyl (C=O) groups excluding carboxylic acids is 1. The van der Waals surface area contributed by atoms with Gasteiger partial charge in [-0.1, -0.05) is 48.2 Å². The van der Waals surface area contributed by atoms with Gasteiger partial charge in [0, 0.05) is 12.1 Å². The first-order valence-corrected chi connectivity index (χ1v) is 11.4. The van der Waals surface area contributed by atoms with Gasteiger partial charge in [-0.25, -0.2) is 9.37 Å². The summed E-state index contributed by atoms with van der Waals surface area (Å²) in [5, 5.41) is 11.7. The Balaban J connectivity index is 1.68. The zero-order chi connectivity index (χ0) is 25.7. The van der Waals surface area contributed by atoms with Crippen LogP contribution in [0.3, 0.4) is 0 Å². The molecule has 0 aliphatic carbocycles. The molecule has 36 heavy (non-hydrogen) atoms. The number of ether oxygens (including phenoxy) is 2. The number of aromatic nitrogens is 2. The van der Waals surface area contributed by atoms with E-state index in [-0.39, 0.29) is 37.7 Å². The van der Waals surface area contributed by atoms with Crippen molar-refractivity contribution in [3.05, 3.63) is 92.9 Å². The zero-order valence-electron chi connectivity index (χ0n) is 20.0. The highest BCUT2D eigenvalue weighted by molar-refractivity contribution is 5.94. The molecule has 1 amide bonds. The number of hydrogen-bond donors (Lipinski definition) is 2. The van der Waals surface area contributed by atoms with E-state index in [9.17, 15) is 14.0 Å². The maximum Gasteiger partial charge on any atom is 0.296 e. The summed E-state index contributed by atoms with van der Waals surface area (Å²) in [6.07, 6.45) is 0. The summed E-state index contributed by atoms with van der Waals surface area (Å²) >= 11 is 0. The van der Waals surface area contributed by atoms with Crippen molar-refractivity contribution in [1.82, 2.24) is 14.9 Å². The van der Waals surface area contributed by atoms with Gasteiger partial charge in [-0.15, -0.1) is 0 Å². The Bertz CT molecular complexity index is 1390. The molecule has 186 valence electrons. The van der Waals surface area contributed by atoms with Crippen LogP contribution in [0.15, 0.2) is 53.3 Å². The van der Waals surface area contributed by atoms with Crippen molar-refractivity contribution >= 4 is 5.91 Å². The smallest absolute Gasteiger partial charge is 0.296 e. The molecule has 3 aromatic rings. The minimum atomic E-state index is -0.881. The molecule has 4 rings (SSSR count). The molecule has 8 nitrogen and oxygen atoms in total. The molecule has 9 heteroatoms. The first kappa shape index (κ1) is 25.1. The highest BCUT2D eigenvalue weighted by Crippen LogP contribution is 2.28. The van der Waals surface area contributed by atoms with Crippen LogP contribution in [0.4, 0.5) is 4.39 Å². The van der Waals surface area contributed by atoms with Crippen molar-refractivity contribution < 1.29 is 23.8 Å². The average Bonchev–Trinajstić information content (AvgIpc) is 2.86. The predicted octanol–water partition coefficient (Wildman–Crippen LogP) is 2.50. The summed E-state index contributed by atoms with van der Waals surface area (Å²) in [6.45, 7) is 3.86. The van der Waals surface area contributed by atoms with Crippen molar-refractivity contribution in [1.29, 1.82) is 0 Å². The Labute approximate surface area is 207 Å². The fraction of sp³-hybridized carbons (Fsp3) is 0.296. The van der Waals surface area contributed by atoms with Crippen LogP contribution in [0.1, 0.15) is 46.9 Å². The standard InChI is InChI=1S/C27H26FN3O5/c1-27(2)26-30-22(24(33)29-16-20-10-11-21(28)15-19(20)9-6-13-32)23(25(34)31(26)12-14-36-27)35-17-18-7-4-3-5-8-18/h3-5,7-8,10-11,15,32H,12-14,16-17H2,1-2H3,(H,29,33). The van der Waals surface area contributed by atoms with Gasteiger partial charge in [-0.3, -0.25) is 14.2 Å². The topological polar surface area (TPSA) is 103 Å². The molecule has 0 radical (unpaired) electrons. The second kappa shape index (κ2) is 10.7. The van der Waals surface area contributed by atoms with E-state index in [1.54, 1.807) is 13.8 Å². The minimum Gasteiger partial charge on any atom is -0.481 e. The van der Waals surface area contributed by atoms with E-state index in [1.165, 1.54) is 22.8 Å².